The summed E-state index contributed by atoms with van der Waals surface area (Å²) >= 11 is 0. The molecule has 1 heterocycles. The molecule has 1 aromatic carbocycles. The number of nitrogens with one attached hydrogen (secondary N) is 1. The molecular formula is C15H19F3N2O. The average Bonchev–Trinajstić information content (AvgIpc) is 2.80. The first-order chi connectivity index (χ1) is 9.99. The second kappa shape index (κ2) is 6.95. The van der Waals surface area contributed by atoms with Crippen LogP contribution in [0.1, 0.15) is 18.9 Å². The highest BCUT2D eigenvalue weighted by Gasteiger charge is 2.27. The van der Waals surface area contributed by atoms with Gasteiger partial charge in [0.05, 0.1) is 0 Å². The Morgan fingerprint density at radius 3 is 2.76 bits per heavy atom. The predicted molar refractivity (Wildman–Crippen MR) is 75.9 cm³/mol. The van der Waals surface area contributed by atoms with E-state index in [0.29, 0.717) is 0 Å². The minimum atomic E-state index is -4.29. The van der Waals surface area contributed by atoms with Crippen molar-refractivity contribution in [3.8, 4) is 0 Å². The molecule has 1 aromatic heterocycles. The van der Waals surface area contributed by atoms with Crippen LogP contribution < -0.4 is 5.32 Å². The van der Waals surface area contributed by atoms with Crippen molar-refractivity contribution < 1.29 is 17.9 Å². The molecule has 0 unspecified atom stereocenters. The van der Waals surface area contributed by atoms with E-state index in [1.807, 2.05) is 24.3 Å². The molecule has 2 aromatic rings. The number of alkyl halides is 3. The third kappa shape index (κ3) is 4.75. The van der Waals surface area contributed by atoms with Crippen LogP contribution in [0.2, 0.25) is 0 Å². The number of rotatable bonds is 7. The van der Waals surface area contributed by atoms with Crippen LogP contribution >= 0.6 is 0 Å². The van der Waals surface area contributed by atoms with E-state index in [-0.39, 0.29) is 6.73 Å². The maximum atomic E-state index is 12.1. The number of hydrogen-bond acceptors (Lipinski definition) is 2. The molecule has 0 bridgehead atoms. The predicted octanol–water partition coefficient (Wildman–Crippen LogP) is 3.68. The van der Waals surface area contributed by atoms with E-state index in [2.05, 4.69) is 17.0 Å². The molecule has 0 aliphatic carbocycles. The zero-order valence-corrected chi connectivity index (χ0v) is 11.9. The van der Waals surface area contributed by atoms with Crippen molar-refractivity contribution in [1.82, 2.24) is 9.88 Å². The minimum absolute atomic E-state index is 0.101. The molecule has 0 fully saturated rings. The lowest BCUT2D eigenvalue weighted by Crippen LogP contribution is -2.18. The van der Waals surface area contributed by atoms with Gasteiger partial charge in [-0.3, -0.25) is 0 Å². The summed E-state index contributed by atoms with van der Waals surface area (Å²) in [6.45, 7) is 2.53. The lowest BCUT2D eigenvalue weighted by Gasteiger charge is -2.10. The molecule has 0 aliphatic rings. The van der Waals surface area contributed by atoms with Gasteiger partial charge in [-0.25, -0.2) is 0 Å². The van der Waals surface area contributed by atoms with Crippen LogP contribution in [-0.4, -0.2) is 23.9 Å². The van der Waals surface area contributed by atoms with Gasteiger partial charge in [-0.05, 0) is 42.1 Å². The van der Waals surface area contributed by atoms with Gasteiger partial charge in [-0.1, -0.05) is 13.0 Å². The Hall–Kier alpha value is -1.53. The van der Waals surface area contributed by atoms with E-state index in [4.69, 9.17) is 0 Å². The van der Waals surface area contributed by atoms with E-state index in [1.54, 1.807) is 10.8 Å². The summed E-state index contributed by atoms with van der Waals surface area (Å²) in [5.74, 6) is 0. The molecule has 0 radical (unpaired) electrons. The molecule has 116 valence electrons. The average molecular weight is 300 g/mol. The standard InChI is InChI=1S/C15H19F3N2O/c1-2-6-19-9-12-3-4-14-13(8-12)5-7-20(14)11-21-10-15(16,17)18/h3-5,7-8,19H,2,6,9-11H2,1H3. The maximum Gasteiger partial charge on any atom is 0.411 e. The molecule has 2 rings (SSSR count). The number of aromatic nitrogens is 1. The first kappa shape index (κ1) is 15.9. The molecule has 0 atom stereocenters. The number of fused-ring (bicyclic) bond motifs is 1. The fraction of sp³-hybridized carbons (Fsp3) is 0.467. The van der Waals surface area contributed by atoms with E-state index in [1.165, 1.54) is 0 Å². The quantitative estimate of drug-likeness (QED) is 0.790. The van der Waals surface area contributed by atoms with Crippen LogP contribution in [0.4, 0.5) is 13.2 Å². The zero-order chi connectivity index (χ0) is 15.3. The highest BCUT2D eigenvalue weighted by atomic mass is 19.4. The summed E-state index contributed by atoms with van der Waals surface area (Å²) in [6, 6.07) is 7.81. The Bertz CT molecular complexity index is 578. The van der Waals surface area contributed by atoms with Crippen molar-refractivity contribution in [3.05, 3.63) is 36.0 Å². The maximum absolute atomic E-state index is 12.1. The molecule has 6 heteroatoms. The van der Waals surface area contributed by atoms with Crippen molar-refractivity contribution in [1.29, 1.82) is 0 Å². The Balaban J connectivity index is 2.00. The molecule has 0 amide bonds. The fourth-order valence-electron chi connectivity index (χ4n) is 2.14. The molecular weight excluding hydrogens is 281 g/mol. The zero-order valence-electron chi connectivity index (χ0n) is 11.9. The van der Waals surface area contributed by atoms with Gasteiger partial charge in [0.1, 0.15) is 13.3 Å². The van der Waals surface area contributed by atoms with E-state index in [0.717, 1.165) is 36.0 Å². The molecule has 0 aliphatic heterocycles. The summed E-state index contributed by atoms with van der Waals surface area (Å²) in [5.41, 5.74) is 2.03. The number of hydrogen-bond donors (Lipinski definition) is 1. The Labute approximate surface area is 121 Å². The van der Waals surface area contributed by atoms with Crippen molar-refractivity contribution in [2.45, 2.75) is 32.8 Å². The van der Waals surface area contributed by atoms with Gasteiger partial charge < -0.3 is 14.6 Å². The monoisotopic (exact) mass is 300 g/mol. The summed E-state index contributed by atoms with van der Waals surface area (Å²) in [7, 11) is 0. The molecule has 21 heavy (non-hydrogen) atoms. The normalized spacial score (nSPS) is 12.2. The van der Waals surface area contributed by atoms with Gasteiger partial charge in [0.2, 0.25) is 0 Å². The fourth-order valence-corrected chi connectivity index (χ4v) is 2.14. The smallest absolute Gasteiger partial charge is 0.351 e. The van der Waals surface area contributed by atoms with Crippen LogP contribution in [0.5, 0.6) is 0 Å². The summed E-state index contributed by atoms with van der Waals surface area (Å²) < 4.78 is 42.5. The largest absolute Gasteiger partial charge is 0.411 e. The minimum Gasteiger partial charge on any atom is -0.351 e. The third-order valence-corrected chi connectivity index (χ3v) is 3.09. The van der Waals surface area contributed by atoms with Gasteiger partial charge in [-0.15, -0.1) is 0 Å². The van der Waals surface area contributed by atoms with Crippen molar-refractivity contribution in [2.24, 2.45) is 0 Å². The molecule has 3 nitrogen and oxygen atoms in total. The topological polar surface area (TPSA) is 26.2 Å². The van der Waals surface area contributed by atoms with Crippen LogP contribution in [-0.2, 0) is 18.0 Å². The third-order valence-electron chi connectivity index (χ3n) is 3.09. The van der Waals surface area contributed by atoms with Crippen LogP contribution in [0, 0.1) is 0 Å². The highest BCUT2D eigenvalue weighted by Crippen LogP contribution is 2.19. The summed E-state index contributed by atoms with van der Waals surface area (Å²) in [5, 5.41) is 4.32. The van der Waals surface area contributed by atoms with E-state index in [9.17, 15) is 13.2 Å². The Morgan fingerprint density at radius 1 is 1.24 bits per heavy atom. The SMILES string of the molecule is CCCNCc1ccc2c(ccn2COCC(F)(F)F)c1. The second-order valence-corrected chi connectivity index (χ2v) is 4.95. The molecule has 0 saturated heterocycles. The first-order valence-electron chi connectivity index (χ1n) is 6.92. The molecule has 1 N–H and O–H groups in total. The summed E-state index contributed by atoms with van der Waals surface area (Å²) in [6.07, 6.45) is -1.47. The van der Waals surface area contributed by atoms with Crippen molar-refractivity contribution >= 4 is 10.9 Å². The molecule has 0 saturated carbocycles. The lowest BCUT2D eigenvalue weighted by molar-refractivity contribution is -0.181. The van der Waals surface area contributed by atoms with E-state index < -0.39 is 12.8 Å². The second-order valence-electron chi connectivity index (χ2n) is 4.95. The molecule has 0 spiro atoms. The first-order valence-corrected chi connectivity index (χ1v) is 6.92. The van der Waals surface area contributed by atoms with Gasteiger partial charge in [-0.2, -0.15) is 13.2 Å². The number of halogens is 3. The summed E-state index contributed by atoms with van der Waals surface area (Å²) in [4.78, 5) is 0. The highest BCUT2D eigenvalue weighted by molar-refractivity contribution is 5.80. The lowest BCUT2D eigenvalue weighted by atomic mass is 10.1. The van der Waals surface area contributed by atoms with Crippen molar-refractivity contribution in [3.63, 3.8) is 0 Å². The number of ether oxygens (including phenoxy) is 1. The van der Waals surface area contributed by atoms with Gasteiger partial charge in [0.25, 0.3) is 0 Å². The van der Waals surface area contributed by atoms with Crippen LogP contribution in [0.15, 0.2) is 30.5 Å². The van der Waals surface area contributed by atoms with Crippen LogP contribution in [0.25, 0.3) is 10.9 Å². The van der Waals surface area contributed by atoms with Crippen LogP contribution in [0.3, 0.4) is 0 Å². The van der Waals surface area contributed by atoms with E-state index >= 15 is 0 Å². The van der Waals surface area contributed by atoms with Gasteiger partial charge in [0, 0.05) is 18.3 Å². The van der Waals surface area contributed by atoms with Gasteiger partial charge >= 0.3 is 6.18 Å². The Morgan fingerprint density at radius 2 is 2.05 bits per heavy atom. The Kier molecular flexibility index (Phi) is 5.25. The van der Waals surface area contributed by atoms with Crippen molar-refractivity contribution in [2.75, 3.05) is 13.2 Å². The number of benzene rings is 1. The van der Waals surface area contributed by atoms with Gasteiger partial charge in [0.15, 0.2) is 0 Å². The number of nitrogens with zero attached hydrogens (tertiary/aromatic N) is 1.